The summed E-state index contributed by atoms with van der Waals surface area (Å²) in [5.41, 5.74) is 0.775. The summed E-state index contributed by atoms with van der Waals surface area (Å²) in [6, 6.07) is 4.17. The Morgan fingerprint density at radius 2 is 2.25 bits per heavy atom. The summed E-state index contributed by atoms with van der Waals surface area (Å²) in [6.07, 6.45) is 1.11. The Morgan fingerprint density at radius 3 is 2.80 bits per heavy atom. The van der Waals surface area contributed by atoms with Crippen LogP contribution in [0.4, 0.5) is 4.39 Å². The van der Waals surface area contributed by atoms with Crippen LogP contribution in [0.2, 0.25) is 0 Å². The van der Waals surface area contributed by atoms with Crippen LogP contribution in [-0.4, -0.2) is 24.2 Å². The predicted molar refractivity (Wildman–Crippen MR) is 74.6 cm³/mol. The molecule has 2 N–H and O–H groups in total. The van der Waals surface area contributed by atoms with Crippen LogP contribution in [0.3, 0.4) is 0 Å². The Labute approximate surface area is 118 Å². The second-order valence-corrected chi connectivity index (χ2v) is 5.75. The van der Waals surface area contributed by atoms with Gasteiger partial charge in [0.15, 0.2) is 0 Å². The molecule has 0 radical (unpaired) electrons. The van der Waals surface area contributed by atoms with Gasteiger partial charge in [-0.05, 0) is 36.0 Å². The lowest BCUT2D eigenvalue weighted by Gasteiger charge is -2.07. The Morgan fingerprint density at radius 1 is 1.55 bits per heavy atom. The molecule has 1 aromatic carbocycles. The number of rotatable bonds is 3. The number of nitrogens with one attached hydrogen (secondary N) is 1. The summed E-state index contributed by atoms with van der Waals surface area (Å²) in [4.78, 5) is 11.9. The lowest BCUT2D eigenvalue weighted by Crippen LogP contribution is -2.26. The van der Waals surface area contributed by atoms with Crippen molar-refractivity contribution in [2.24, 2.45) is 11.3 Å². The highest BCUT2D eigenvalue weighted by molar-refractivity contribution is 5.94. The molecule has 1 fully saturated rings. The number of halogens is 1. The predicted octanol–water partition coefficient (Wildman–Crippen LogP) is 1.95. The smallest absolute Gasteiger partial charge is 0.251 e. The minimum atomic E-state index is -0.551. The van der Waals surface area contributed by atoms with Crippen LogP contribution >= 0.6 is 0 Å². The molecular formula is C16H18FNO2. The van der Waals surface area contributed by atoms with E-state index in [0.717, 1.165) is 6.42 Å². The van der Waals surface area contributed by atoms with Gasteiger partial charge in [0.25, 0.3) is 5.91 Å². The van der Waals surface area contributed by atoms with Gasteiger partial charge in [0.05, 0.1) is 5.56 Å². The molecule has 20 heavy (non-hydrogen) atoms. The van der Waals surface area contributed by atoms with Gasteiger partial charge in [0.2, 0.25) is 0 Å². The Balaban J connectivity index is 1.98. The molecule has 0 aromatic heterocycles. The summed E-state index contributed by atoms with van der Waals surface area (Å²) in [6.45, 7) is 4.63. The van der Waals surface area contributed by atoms with Crippen molar-refractivity contribution in [1.29, 1.82) is 0 Å². The maximum atomic E-state index is 13.7. The molecule has 0 bridgehead atoms. The minimum absolute atomic E-state index is 0.180. The van der Waals surface area contributed by atoms with Gasteiger partial charge in [-0.25, -0.2) is 4.39 Å². The van der Waals surface area contributed by atoms with Gasteiger partial charge in [-0.1, -0.05) is 25.7 Å². The fourth-order valence-corrected chi connectivity index (χ4v) is 2.14. The first kappa shape index (κ1) is 14.5. The number of hydrogen-bond acceptors (Lipinski definition) is 2. The van der Waals surface area contributed by atoms with E-state index >= 15 is 0 Å². The molecule has 0 saturated heterocycles. The normalized spacial score (nSPS) is 18.9. The largest absolute Gasteiger partial charge is 0.384 e. The number of amides is 1. The minimum Gasteiger partial charge on any atom is -0.384 e. The van der Waals surface area contributed by atoms with Gasteiger partial charge >= 0.3 is 0 Å². The summed E-state index contributed by atoms with van der Waals surface area (Å²) >= 11 is 0. The Kier molecular flexibility index (Phi) is 4.10. The standard InChI is InChI=1S/C16H18FNO2/c1-16(2)9-13(16)10-18-15(20)12-6-5-11(4-3-7-19)14(17)8-12/h5-6,8,13,19H,7,9-10H2,1-2H3,(H,18,20). The monoisotopic (exact) mass is 275 g/mol. The van der Waals surface area contributed by atoms with Crippen molar-refractivity contribution >= 4 is 5.91 Å². The Bertz CT molecular complexity index is 584. The molecule has 1 unspecified atom stereocenters. The van der Waals surface area contributed by atoms with E-state index in [4.69, 9.17) is 5.11 Å². The highest BCUT2D eigenvalue weighted by Crippen LogP contribution is 2.50. The summed E-state index contributed by atoms with van der Waals surface area (Å²) in [5.74, 6) is 4.55. The van der Waals surface area contributed by atoms with Gasteiger partial charge in [-0.2, -0.15) is 0 Å². The van der Waals surface area contributed by atoms with Crippen LogP contribution in [0.1, 0.15) is 36.2 Å². The highest BCUT2D eigenvalue weighted by atomic mass is 19.1. The number of carbonyl (C=O) groups is 1. The zero-order valence-electron chi connectivity index (χ0n) is 11.7. The van der Waals surface area contributed by atoms with Gasteiger partial charge in [0, 0.05) is 12.1 Å². The first-order chi connectivity index (χ1) is 9.44. The molecule has 4 heteroatoms. The van der Waals surface area contributed by atoms with Crippen LogP contribution in [0.15, 0.2) is 18.2 Å². The van der Waals surface area contributed by atoms with E-state index in [9.17, 15) is 9.18 Å². The fourth-order valence-electron chi connectivity index (χ4n) is 2.14. The molecule has 1 amide bonds. The molecule has 0 aliphatic heterocycles. The van der Waals surface area contributed by atoms with Gasteiger partial charge < -0.3 is 10.4 Å². The third-order valence-electron chi connectivity index (χ3n) is 3.76. The van der Waals surface area contributed by atoms with E-state index < -0.39 is 5.82 Å². The van der Waals surface area contributed by atoms with Crippen molar-refractivity contribution in [2.75, 3.05) is 13.2 Å². The van der Waals surface area contributed by atoms with Crippen LogP contribution in [0.25, 0.3) is 0 Å². The number of carbonyl (C=O) groups excluding carboxylic acids is 1. The molecule has 1 atom stereocenters. The van der Waals surface area contributed by atoms with E-state index in [1.165, 1.54) is 18.2 Å². The molecule has 0 heterocycles. The average molecular weight is 275 g/mol. The second kappa shape index (κ2) is 5.64. The highest BCUT2D eigenvalue weighted by Gasteiger charge is 2.45. The molecule has 106 valence electrons. The molecule has 1 saturated carbocycles. The van der Waals surface area contributed by atoms with Crippen molar-refractivity contribution in [1.82, 2.24) is 5.32 Å². The number of aliphatic hydroxyl groups excluding tert-OH is 1. The summed E-state index contributed by atoms with van der Waals surface area (Å²) in [5, 5.41) is 11.4. The summed E-state index contributed by atoms with van der Waals surface area (Å²) < 4.78 is 13.7. The second-order valence-electron chi connectivity index (χ2n) is 5.75. The van der Waals surface area contributed by atoms with Crippen LogP contribution < -0.4 is 5.32 Å². The zero-order valence-corrected chi connectivity index (χ0v) is 11.7. The van der Waals surface area contributed by atoms with E-state index in [-0.39, 0.29) is 23.6 Å². The van der Waals surface area contributed by atoms with E-state index in [2.05, 4.69) is 31.0 Å². The number of benzene rings is 1. The first-order valence-corrected chi connectivity index (χ1v) is 6.61. The van der Waals surface area contributed by atoms with Crippen molar-refractivity contribution in [3.05, 3.63) is 35.1 Å². The lowest BCUT2D eigenvalue weighted by molar-refractivity contribution is 0.0950. The molecular weight excluding hydrogens is 257 g/mol. The maximum Gasteiger partial charge on any atom is 0.251 e. The molecule has 1 aliphatic rings. The van der Waals surface area contributed by atoms with E-state index in [1.54, 1.807) is 0 Å². The van der Waals surface area contributed by atoms with Crippen molar-refractivity contribution in [3.8, 4) is 11.8 Å². The zero-order chi connectivity index (χ0) is 14.8. The quantitative estimate of drug-likeness (QED) is 0.828. The van der Waals surface area contributed by atoms with Crippen LogP contribution in [0.5, 0.6) is 0 Å². The van der Waals surface area contributed by atoms with Crippen molar-refractivity contribution < 1.29 is 14.3 Å². The molecule has 3 nitrogen and oxygen atoms in total. The SMILES string of the molecule is CC1(C)CC1CNC(=O)c1ccc(C#CCO)c(F)c1. The summed E-state index contributed by atoms with van der Waals surface area (Å²) in [7, 11) is 0. The lowest BCUT2D eigenvalue weighted by atomic mass is 10.1. The number of aliphatic hydroxyl groups is 1. The fraction of sp³-hybridized carbons (Fsp3) is 0.438. The Hall–Kier alpha value is -1.86. The van der Waals surface area contributed by atoms with Gasteiger partial charge in [-0.3, -0.25) is 4.79 Å². The molecule has 2 rings (SSSR count). The maximum absolute atomic E-state index is 13.7. The third kappa shape index (κ3) is 3.37. The van der Waals surface area contributed by atoms with Crippen molar-refractivity contribution in [2.45, 2.75) is 20.3 Å². The van der Waals surface area contributed by atoms with Gasteiger partial charge in [-0.15, -0.1) is 0 Å². The molecule has 1 aliphatic carbocycles. The first-order valence-electron chi connectivity index (χ1n) is 6.61. The van der Waals surface area contributed by atoms with Crippen LogP contribution in [0, 0.1) is 29.0 Å². The van der Waals surface area contributed by atoms with Crippen LogP contribution in [-0.2, 0) is 0 Å². The molecule has 0 spiro atoms. The van der Waals surface area contributed by atoms with E-state index in [0.29, 0.717) is 17.9 Å². The average Bonchev–Trinajstić information content (AvgIpc) is 3.02. The van der Waals surface area contributed by atoms with Gasteiger partial charge in [0.1, 0.15) is 12.4 Å². The number of hydrogen-bond donors (Lipinski definition) is 2. The topological polar surface area (TPSA) is 49.3 Å². The van der Waals surface area contributed by atoms with Crippen molar-refractivity contribution in [3.63, 3.8) is 0 Å². The molecule has 1 aromatic rings. The van der Waals surface area contributed by atoms with E-state index in [1.807, 2.05) is 0 Å². The third-order valence-corrected chi connectivity index (χ3v) is 3.76.